The number of amides is 1. The highest BCUT2D eigenvalue weighted by atomic mass is 32.1. The molecule has 1 aromatic heterocycles. The number of hydrogen-bond acceptors (Lipinski definition) is 7. The van der Waals surface area contributed by atoms with Gasteiger partial charge in [0.25, 0.3) is 5.91 Å². The fraction of sp³-hybridized carbons (Fsp3) is 0.182. The molecule has 160 valence electrons. The average Bonchev–Trinajstić information content (AvgIpc) is 3.17. The van der Waals surface area contributed by atoms with Crippen molar-refractivity contribution in [2.24, 2.45) is 0 Å². The van der Waals surface area contributed by atoms with Crippen molar-refractivity contribution in [1.29, 1.82) is 0 Å². The highest BCUT2D eigenvalue weighted by molar-refractivity contribution is 7.15. The highest BCUT2D eigenvalue weighted by Gasteiger charge is 2.25. The summed E-state index contributed by atoms with van der Waals surface area (Å²) in [5.41, 5.74) is 3.47. The number of nitrogens with zero attached hydrogens (tertiary/aromatic N) is 1. The molecule has 0 atom stereocenters. The van der Waals surface area contributed by atoms with E-state index in [0.717, 1.165) is 22.8 Å². The fourth-order valence-electron chi connectivity index (χ4n) is 3.13. The maximum atomic E-state index is 12.8. The lowest BCUT2D eigenvalue weighted by Gasteiger charge is -2.10. The third-order valence-corrected chi connectivity index (χ3v) is 5.62. The zero-order valence-electron chi connectivity index (χ0n) is 17.3. The van der Waals surface area contributed by atoms with Crippen LogP contribution in [0.1, 0.15) is 31.8 Å². The summed E-state index contributed by atoms with van der Waals surface area (Å²) in [5, 5.41) is 16.0. The molecular weight excluding hydrogens is 420 g/mol. The van der Waals surface area contributed by atoms with Crippen molar-refractivity contribution in [2.75, 3.05) is 19.5 Å². The number of nitro benzene ring substituents is 1. The molecule has 2 aromatic carbocycles. The number of ether oxygens (including phenoxy) is 2. The lowest BCUT2D eigenvalue weighted by Crippen LogP contribution is -2.14. The van der Waals surface area contributed by atoms with E-state index in [4.69, 9.17) is 9.47 Å². The maximum Gasteiger partial charge on any atom is 0.341 e. The largest absolute Gasteiger partial charge is 0.490 e. The summed E-state index contributed by atoms with van der Waals surface area (Å²) in [6.07, 6.45) is 0. The number of anilines is 1. The first-order valence-electron chi connectivity index (χ1n) is 9.18. The smallest absolute Gasteiger partial charge is 0.341 e. The van der Waals surface area contributed by atoms with Crippen LogP contribution in [0, 0.1) is 24.0 Å². The number of methoxy groups -OCH3 is 2. The van der Waals surface area contributed by atoms with Gasteiger partial charge in [-0.3, -0.25) is 14.9 Å². The Morgan fingerprint density at radius 1 is 1.06 bits per heavy atom. The molecule has 1 heterocycles. The molecule has 9 heteroatoms. The Hall–Kier alpha value is -3.72. The molecule has 8 nitrogen and oxygen atoms in total. The molecule has 3 aromatic rings. The van der Waals surface area contributed by atoms with E-state index in [1.807, 2.05) is 32.0 Å². The van der Waals surface area contributed by atoms with Crippen LogP contribution in [0.5, 0.6) is 5.75 Å². The van der Waals surface area contributed by atoms with Crippen LogP contribution in [0.2, 0.25) is 0 Å². The molecule has 0 aliphatic carbocycles. The number of aryl methyl sites for hydroxylation is 2. The summed E-state index contributed by atoms with van der Waals surface area (Å²) in [7, 11) is 2.58. The van der Waals surface area contributed by atoms with Gasteiger partial charge in [0.05, 0.1) is 19.1 Å². The molecule has 0 unspecified atom stereocenters. The lowest BCUT2D eigenvalue weighted by atomic mass is 9.97. The Bertz CT molecular complexity index is 1180. The topological polar surface area (TPSA) is 108 Å². The van der Waals surface area contributed by atoms with Gasteiger partial charge in [-0.1, -0.05) is 23.8 Å². The number of nitro groups is 1. The molecule has 31 heavy (non-hydrogen) atoms. The van der Waals surface area contributed by atoms with Crippen LogP contribution in [-0.2, 0) is 4.74 Å². The Balaban J connectivity index is 2.02. The van der Waals surface area contributed by atoms with Gasteiger partial charge in [0.1, 0.15) is 10.6 Å². The van der Waals surface area contributed by atoms with Gasteiger partial charge in [0, 0.05) is 22.6 Å². The number of carbonyl (C=O) groups is 2. The molecule has 0 saturated carbocycles. The molecule has 0 fully saturated rings. The van der Waals surface area contributed by atoms with Crippen molar-refractivity contribution in [3.63, 3.8) is 0 Å². The summed E-state index contributed by atoms with van der Waals surface area (Å²) in [4.78, 5) is 36.0. The minimum absolute atomic E-state index is 0.0464. The molecule has 0 bridgehead atoms. The second-order valence-electron chi connectivity index (χ2n) is 6.76. The number of hydrogen-bond donors (Lipinski definition) is 1. The minimum Gasteiger partial charge on any atom is -0.490 e. The van der Waals surface area contributed by atoms with Crippen LogP contribution >= 0.6 is 11.3 Å². The monoisotopic (exact) mass is 440 g/mol. The number of nitrogens with one attached hydrogen (secondary N) is 1. The second kappa shape index (κ2) is 8.97. The molecule has 0 saturated heterocycles. The predicted molar refractivity (Wildman–Crippen MR) is 118 cm³/mol. The fourth-order valence-corrected chi connectivity index (χ4v) is 4.07. The quantitative estimate of drug-likeness (QED) is 0.329. The standard InChI is InChI=1S/C22H20N2O6S/c1-12-5-6-13(2)15(9-12)16-11-31-21(19(16)22(26)30-4)23-20(25)14-7-8-18(29-3)17(10-14)24(27)28/h5-11H,1-4H3,(H,23,25). The number of thiophene rings is 1. The van der Waals surface area contributed by atoms with Crippen LogP contribution < -0.4 is 10.1 Å². The van der Waals surface area contributed by atoms with Crippen LogP contribution in [0.4, 0.5) is 10.7 Å². The molecule has 0 aliphatic heterocycles. The molecule has 1 amide bonds. The first-order valence-corrected chi connectivity index (χ1v) is 10.1. The summed E-state index contributed by atoms with van der Waals surface area (Å²) >= 11 is 1.18. The zero-order valence-corrected chi connectivity index (χ0v) is 18.2. The third-order valence-electron chi connectivity index (χ3n) is 4.73. The molecular formula is C22H20N2O6S. The van der Waals surface area contributed by atoms with Gasteiger partial charge in [-0.25, -0.2) is 4.79 Å². The van der Waals surface area contributed by atoms with Crippen molar-refractivity contribution in [2.45, 2.75) is 13.8 Å². The molecule has 1 N–H and O–H groups in total. The van der Waals surface area contributed by atoms with E-state index in [1.165, 1.54) is 37.7 Å². The van der Waals surface area contributed by atoms with Gasteiger partial charge < -0.3 is 14.8 Å². The van der Waals surface area contributed by atoms with Gasteiger partial charge in [0.15, 0.2) is 5.75 Å². The predicted octanol–water partition coefficient (Wildman–Crippen LogP) is 4.99. The van der Waals surface area contributed by atoms with Gasteiger partial charge >= 0.3 is 11.7 Å². The molecule has 3 rings (SSSR count). The summed E-state index contributed by atoms with van der Waals surface area (Å²) in [6.45, 7) is 3.88. The van der Waals surface area contributed by atoms with E-state index in [1.54, 1.807) is 5.38 Å². The van der Waals surface area contributed by atoms with Crippen LogP contribution in [0.25, 0.3) is 11.1 Å². The number of carbonyl (C=O) groups excluding carboxylic acids is 2. The van der Waals surface area contributed by atoms with Gasteiger partial charge in [0.2, 0.25) is 0 Å². The Kier molecular flexibility index (Phi) is 6.36. The van der Waals surface area contributed by atoms with Crippen molar-refractivity contribution in [1.82, 2.24) is 0 Å². The van der Waals surface area contributed by atoms with E-state index in [9.17, 15) is 19.7 Å². The number of benzene rings is 2. The third kappa shape index (κ3) is 4.41. The Morgan fingerprint density at radius 2 is 1.81 bits per heavy atom. The van der Waals surface area contributed by atoms with Crippen molar-refractivity contribution < 1.29 is 24.0 Å². The van der Waals surface area contributed by atoms with Crippen molar-refractivity contribution >= 4 is 33.9 Å². The van der Waals surface area contributed by atoms with E-state index >= 15 is 0 Å². The lowest BCUT2D eigenvalue weighted by molar-refractivity contribution is -0.385. The first-order chi connectivity index (χ1) is 14.8. The summed E-state index contributed by atoms with van der Waals surface area (Å²) in [5.74, 6) is -1.14. The SMILES string of the molecule is COC(=O)c1c(-c2cc(C)ccc2C)csc1NC(=O)c1ccc(OC)c([N+](=O)[O-])c1. The molecule has 0 aliphatic rings. The van der Waals surface area contributed by atoms with Crippen LogP contribution in [0.15, 0.2) is 41.8 Å². The summed E-state index contributed by atoms with van der Waals surface area (Å²) in [6, 6.07) is 9.79. The minimum atomic E-state index is -0.626. The van der Waals surface area contributed by atoms with Gasteiger partial charge in [-0.2, -0.15) is 0 Å². The van der Waals surface area contributed by atoms with E-state index in [-0.39, 0.29) is 22.6 Å². The number of rotatable bonds is 6. The van der Waals surface area contributed by atoms with E-state index in [0.29, 0.717) is 10.6 Å². The Labute approximate surface area is 182 Å². The average molecular weight is 440 g/mol. The van der Waals surface area contributed by atoms with E-state index < -0.39 is 16.8 Å². The molecule has 0 radical (unpaired) electrons. The van der Waals surface area contributed by atoms with E-state index in [2.05, 4.69) is 5.32 Å². The van der Waals surface area contributed by atoms with Gasteiger partial charge in [-0.05, 0) is 37.1 Å². The Morgan fingerprint density at radius 3 is 2.45 bits per heavy atom. The zero-order chi connectivity index (χ0) is 22.7. The van der Waals surface area contributed by atoms with Crippen LogP contribution in [-0.4, -0.2) is 31.0 Å². The first kappa shape index (κ1) is 22.0. The number of esters is 1. The molecule has 0 spiro atoms. The van der Waals surface area contributed by atoms with Crippen molar-refractivity contribution in [3.8, 4) is 16.9 Å². The van der Waals surface area contributed by atoms with Crippen molar-refractivity contribution in [3.05, 3.63) is 74.1 Å². The highest BCUT2D eigenvalue weighted by Crippen LogP contribution is 2.38. The second-order valence-corrected chi connectivity index (χ2v) is 7.64. The van der Waals surface area contributed by atoms with Crippen LogP contribution in [0.3, 0.4) is 0 Å². The normalized spacial score (nSPS) is 10.5. The summed E-state index contributed by atoms with van der Waals surface area (Å²) < 4.78 is 9.91. The van der Waals surface area contributed by atoms with Gasteiger partial charge in [-0.15, -0.1) is 11.3 Å². The maximum absolute atomic E-state index is 12.8.